The number of aliphatic hydroxyl groups excluding tert-OH is 1. The zero-order valence-corrected chi connectivity index (χ0v) is 14.1. The molecule has 1 aliphatic heterocycles. The Morgan fingerprint density at radius 1 is 1.28 bits per heavy atom. The monoisotopic (exact) mass is 354 g/mol. The number of piperidine rings is 1. The van der Waals surface area contributed by atoms with E-state index in [0.29, 0.717) is 18.4 Å². The molecular formula is C17H21F3N4O. The summed E-state index contributed by atoms with van der Waals surface area (Å²) < 4.78 is 40.0. The predicted molar refractivity (Wildman–Crippen MR) is 85.8 cm³/mol. The smallest absolute Gasteiger partial charge is 0.395 e. The van der Waals surface area contributed by atoms with Crippen LogP contribution in [0.1, 0.15) is 42.6 Å². The largest absolute Gasteiger partial charge is 0.416 e. The van der Waals surface area contributed by atoms with E-state index in [1.807, 2.05) is 13.1 Å². The van der Waals surface area contributed by atoms with Gasteiger partial charge < -0.3 is 10.4 Å². The summed E-state index contributed by atoms with van der Waals surface area (Å²) >= 11 is 0. The quantitative estimate of drug-likeness (QED) is 0.889. The van der Waals surface area contributed by atoms with E-state index in [-0.39, 0.29) is 18.7 Å². The van der Waals surface area contributed by atoms with Crippen LogP contribution in [0.5, 0.6) is 0 Å². The molecule has 1 aromatic heterocycles. The second kappa shape index (κ2) is 6.42. The molecule has 2 heterocycles. The zero-order chi connectivity index (χ0) is 18.2. The standard InChI is InChI=1S/C17H21F3N4O/c1-11-7-16(10-25,8-14(21-11)15-9-24(2)23-22-15)12-3-5-13(6-4-12)17(18,19)20/h3-6,9,11,14,21,25H,7-8,10H2,1-2H3/t11-,14-,16+/m0/s1. The number of hydrogen-bond acceptors (Lipinski definition) is 4. The first-order valence-corrected chi connectivity index (χ1v) is 8.14. The van der Waals surface area contributed by atoms with Gasteiger partial charge in [-0.3, -0.25) is 4.68 Å². The zero-order valence-electron chi connectivity index (χ0n) is 14.1. The van der Waals surface area contributed by atoms with Gasteiger partial charge in [0.05, 0.1) is 23.9 Å². The number of hydrogen-bond donors (Lipinski definition) is 2. The predicted octanol–water partition coefficient (Wildman–Crippen LogP) is 2.58. The lowest BCUT2D eigenvalue weighted by Gasteiger charge is -2.43. The summed E-state index contributed by atoms with van der Waals surface area (Å²) in [4.78, 5) is 0. The van der Waals surface area contributed by atoms with Crippen LogP contribution in [-0.4, -0.2) is 32.7 Å². The molecule has 1 saturated heterocycles. The summed E-state index contributed by atoms with van der Waals surface area (Å²) in [5.74, 6) is 0. The number of halogens is 3. The molecule has 0 bridgehead atoms. The fourth-order valence-corrected chi connectivity index (χ4v) is 3.71. The molecule has 0 spiro atoms. The molecule has 3 rings (SSSR count). The van der Waals surface area contributed by atoms with Crippen molar-refractivity contribution in [3.05, 3.63) is 47.3 Å². The van der Waals surface area contributed by atoms with Crippen LogP contribution in [0.2, 0.25) is 0 Å². The molecular weight excluding hydrogens is 333 g/mol. The Balaban J connectivity index is 1.92. The minimum atomic E-state index is -4.37. The first-order valence-electron chi connectivity index (χ1n) is 8.14. The van der Waals surface area contributed by atoms with Crippen molar-refractivity contribution in [1.29, 1.82) is 0 Å². The van der Waals surface area contributed by atoms with Gasteiger partial charge in [-0.2, -0.15) is 13.2 Å². The molecule has 1 fully saturated rings. The second-order valence-corrected chi connectivity index (χ2v) is 6.86. The lowest BCUT2D eigenvalue weighted by Crippen LogP contribution is -2.48. The van der Waals surface area contributed by atoms with E-state index in [1.165, 1.54) is 12.1 Å². The molecule has 25 heavy (non-hydrogen) atoms. The summed E-state index contributed by atoms with van der Waals surface area (Å²) in [5.41, 5.74) is 0.178. The average Bonchev–Trinajstić information content (AvgIpc) is 3.00. The third kappa shape index (κ3) is 3.55. The van der Waals surface area contributed by atoms with Crippen LogP contribution in [0.15, 0.2) is 30.5 Å². The normalized spacial score (nSPS) is 27.4. The third-order valence-electron chi connectivity index (χ3n) is 4.88. The lowest BCUT2D eigenvalue weighted by atomic mass is 9.69. The average molecular weight is 354 g/mol. The van der Waals surface area contributed by atoms with Gasteiger partial charge in [-0.25, -0.2) is 0 Å². The highest BCUT2D eigenvalue weighted by atomic mass is 19.4. The maximum absolute atomic E-state index is 12.8. The molecule has 2 aromatic rings. The Morgan fingerprint density at radius 2 is 1.96 bits per heavy atom. The van der Waals surface area contributed by atoms with E-state index in [1.54, 1.807) is 11.7 Å². The molecule has 0 radical (unpaired) electrons. The van der Waals surface area contributed by atoms with E-state index in [9.17, 15) is 18.3 Å². The molecule has 0 aliphatic carbocycles. The molecule has 8 heteroatoms. The highest BCUT2D eigenvalue weighted by Crippen LogP contribution is 2.42. The van der Waals surface area contributed by atoms with Gasteiger partial charge in [0.25, 0.3) is 0 Å². The lowest BCUT2D eigenvalue weighted by molar-refractivity contribution is -0.137. The number of nitrogens with one attached hydrogen (secondary N) is 1. The number of aryl methyl sites for hydroxylation is 1. The molecule has 5 nitrogen and oxygen atoms in total. The fraction of sp³-hybridized carbons (Fsp3) is 0.529. The number of aromatic nitrogens is 3. The van der Waals surface area contributed by atoms with E-state index in [4.69, 9.17) is 0 Å². The Morgan fingerprint density at radius 3 is 2.48 bits per heavy atom. The van der Waals surface area contributed by atoms with Crippen molar-refractivity contribution < 1.29 is 18.3 Å². The molecule has 0 amide bonds. The number of benzene rings is 1. The second-order valence-electron chi connectivity index (χ2n) is 6.86. The van der Waals surface area contributed by atoms with Gasteiger partial charge in [0.15, 0.2) is 0 Å². The van der Waals surface area contributed by atoms with Gasteiger partial charge in [-0.05, 0) is 37.5 Å². The van der Waals surface area contributed by atoms with E-state index < -0.39 is 17.2 Å². The van der Waals surface area contributed by atoms with Crippen LogP contribution in [0, 0.1) is 0 Å². The van der Waals surface area contributed by atoms with E-state index in [2.05, 4.69) is 15.6 Å². The summed E-state index contributed by atoms with van der Waals surface area (Å²) in [6, 6.07) is 5.07. The van der Waals surface area contributed by atoms with Gasteiger partial charge in [0.1, 0.15) is 0 Å². The third-order valence-corrected chi connectivity index (χ3v) is 4.88. The molecule has 1 aromatic carbocycles. The van der Waals surface area contributed by atoms with Crippen molar-refractivity contribution in [2.24, 2.45) is 7.05 Å². The van der Waals surface area contributed by atoms with Crippen LogP contribution < -0.4 is 5.32 Å². The SMILES string of the molecule is C[C@H]1C[C@@](CO)(c2ccc(C(F)(F)F)cc2)C[C@@H](c2cn(C)nn2)N1. The summed E-state index contributed by atoms with van der Waals surface area (Å²) in [7, 11) is 1.78. The van der Waals surface area contributed by atoms with Crippen LogP contribution in [-0.2, 0) is 18.6 Å². The molecule has 0 saturated carbocycles. The van der Waals surface area contributed by atoms with Crippen LogP contribution in [0.3, 0.4) is 0 Å². The molecule has 2 N–H and O–H groups in total. The summed E-state index contributed by atoms with van der Waals surface area (Å²) in [6.07, 6.45) is -1.39. The molecule has 3 atom stereocenters. The summed E-state index contributed by atoms with van der Waals surface area (Å²) in [6.45, 7) is 1.86. The topological polar surface area (TPSA) is 63.0 Å². The fourth-order valence-electron chi connectivity index (χ4n) is 3.71. The van der Waals surface area contributed by atoms with Crippen molar-refractivity contribution >= 4 is 0 Å². The number of aliphatic hydroxyl groups is 1. The number of rotatable bonds is 3. The minimum Gasteiger partial charge on any atom is -0.395 e. The van der Waals surface area contributed by atoms with Gasteiger partial charge in [-0.15, -0.1) is 5.10 Å². The Labute approximate surface area is 143 Å². The maximum Gasteiger partial charge on any atom is 0.416 e. The Hall–Kier alpha value is -1.93. The van der Waals surface area contributed by atoms with Crippen molar-refractivity contribution in [2.75, 3.05) is 6.61 Å². The highest BCUT2D eigenvalue weighted by molar-refractivity contribution is 5.32. The van der Waals surface area contributed by atoms with E-state index >= 15 is 0 Å². The molecule has 136 valence electrons. The van der Waals surface area contributed by atoms with Crippen LogP contribution in [0.4, 0.5) is 13.2 Å². The summed E-state index contributed by atoms with van der Waals surface area (Å²) in [5, 5.41) is 21.6. The van der Waals surface area contributed by atoms with E-state index in [0.717, 1.165) is 17.8 Å². The first-order chi connectivity index (χ1) is 11.7. The van der Waals surface area contributed by atoms with Gasteiger partial charge in [-0.1, -0.05) is 17.3 Å². The Kier molecular flexibility index (Phi) is 4.59. The molecule has 0 unspecified atom stereocenters. The van der Waals surface area contributed by atoms with Crippen molar-refractivity contribution in [3.63, 3.8) is 0 Å². The van der Waals surface area contributed by atoms with Gasteiger partial charge >= 0.3 is 6.18 Å². The van der Waals surface area contributed by atoms with Crippen molar-refractivity contribution in [2.45, 2.75) is 43.4 Å². The van der Waals surface area contributed by atoms with Crippen molar-refractivity contribution in [1.82, 2.24) is 20.3 Å². The van der Waals surface area contributed by atoms with Gasteiger partial charge in [0.2, 0.25) is 0 Å². The van der Waals surface area contributed by atoms with Gasteiger partial charge in [0, 0.05) is 24.7 Å². The highest BCUT2D eigenvalue weighted by Gasteiger charge is 2.42. The maximum atomic E-state index is 12.8. The number of nitrogens with zero attached hydrogens (tertiary/aromatic N) is 3. The minimum absolute atomic E-state index is 0.0789. The van der Waals surface area contributed by atoms with Crippen LogP contribution in [0.25, 0.3) is 0 Å². The number of alkyl halides is 3. The first kappa shape index (κ1) is 17.9. The molecule has 1 aliphatic rings. The Bertz CT molecular complexity index is 728. The van der Waals surface area contributed by atoms with Crippen LogP contribution >= 0.6 is 0 Å². The van der Waals surface area contributed by atoms with Crippen molar-refractivity contribution in [3.8, 4) is 0 Å².